The lowest BCUT2D eigenvalue weighted by atomic mass is 10.3. The number of thioether (sulfide) groups is 1. The highest BCUT2D eigenvalue weighted by molar-refractivity contribution is 8.00. The quantitative estimate of drug-likeness (QED) is 0.443. The van der Waals surface area contributed by atoms with Crippen LogP contribution in [0.3, 0.4) is 0 Å². The summed E-state index contributed by atoms with van der Waals surface area (Å²) in [5, 5.41) is 3.14. The van der Waals surface area contributed by atoms with Gasteiger partial charge in [0, 0.05) is 17.5 Å². The standard InChI is InChI=1S/C20H14N4O2S2/c25-15-10-12(11-27-20-22-14-8-4-5-9-16(14)28-20)21-18-17(15)19(26)24(23-18)13-6-2-1-3-7-13/h1-10H,11H2,(H2,21,23,25). The number of rotatable bonds is 4. The van der Waals surface area contributed by atoms with Crippen LogP contribution in [0.5, 0.6) is 0 Å². The second-order valence-corrected chi connectivity index (χ2v) is 8.49. The van der Waals surface area contributed by atoms with Crippen LogP contribution in [0.25, 0.3) is 26.9 Å². The van der Waals surface area contributed by atoms with E-state index in [-0.39, 0.29) is 16.4 Å². The monoisotopic (exact) mass is 406 g/mol. The number of para-hydroxylation sites is 2. The van der Waals surface area contributed by atoms with Crippen molar-refractivity contribution >= 4 is 44.3 Å². The third-order valence-corrected chi connectivity index (χ3v) is 6.60. The van der Waals surface area contributed by atoms with Crippen LogP contribution in [0.4, 0.5) is 0 Å². The van der Waals surface area contributed by atoms with Crippen molar-refractivity contribution in [2.75, 3.05) is 0 Å². The summed E-state index contributed by atoms with van der Waals surface area (Å²) in [7, 11) is 0. The van der Waals surface area contributed by atoms with Crippen molar-refractivity contribution < 1.29 is 0 Å². The van der Waals surface area contributed by atoms with E-state index in [9.17, 15) is 9.59 Å². The molecule has 0 bridgehead atoms. The van der Waals surface area contributed by atoms with Gasteiger partial charge in [0.2, 0.25) is 0 Å². The number of nitrogens with one attached hydrogen (secondary N) is 2. The van der Waals surface area contributed by atoms with E-state index in [0.717, 1.165) is 20.3 Å². The Morgan fingerprint density at radius 2 is 1.82 bits per heavy atom. The van der Waals surface area contributed by atoms with Crippen LogP contribution in [0.1, 0.15) is 5.69 Å². The molecule has 0 aliphatic heterocycles. The second kappa shape index (κ2) is 6.81. The molecule has 2 aromatic carbocycles. The van der Waals surface area contributed by atoms with Gasteiger partial charge in [0.05, 0.1) is 15.9 Å². The topological polar surface area (TPSA) is 83.5 Å². The summed E-state index contributed by atoms with van der Waals surface area (Å²) in [4.78, 5) is 33.0. The van der Waals surface area contributed by atoms with E-state index in [2.05, 4.69) is 15.1 Å². The summed E-state index contributed by atoms with van der Waals surface area (Å²) < 4.78 is 3.46. The van der Waals surface area contributed by atoms with Crippen LogP contribution < -0.4 is 11.0 Å². The Hall–Kier alpha value is -3.10. The molecule has 28 heavy (non-hydrogen) atoms. The average Bonchev–Trinajstić information content (AvgIpc) is 3.28. The molecule has 0 aliphatic carbocycles. The van der Waals surface area contributed by atoms with Crippen LogP contribution in [0.15, 0.2) is 74.6 Å². The Labute approximate surface area is 166 Å². The molecule has 138 valence electrons. The molecule has 8 heteroatoms. The summed E-state index contributed by atoms with van der Waals surface area (Å²) in [6, 6.07) is 18.7. The highest BCUT2D eigenvalue weighted by atomic mass is 32.2. The Morgan fingerprint density at radius 1 is 1.04 bits per heavy atom. The van der Waals surface area contributed by atoms with Crippen molar-refractivity contribution in [1.82, 2.24) is 19.7 Å². The van der Waals surface area contributed by atoms with Crippen LogP contribution >= 0.6 is 23.1 Å². The normalized spacial score (nSPS) is 11.4. The van der Waals surface area contributed by atoms with Gasteiger partial charge in [0.15, 0.2) is 9.77 Å². The molecule has 2 N–H and O–H groups in total. The molecule has 0 atom stereocenters. The molecule has 0 aliphatic rings. The van der Waals surface area contributed by atoms with Crippen LogP contribution in [0.2, 0.25) is 0 Å². The van der Waals surface area contributed by atoms with Gasteiger partial charge in [-0.15, -0.1) is 11.3 Å². The first kappa shape index (κ1) is 17.0. The third kappa shape index (κ3) is 2.96. The van der Waals surface area contributed by atoms with Gasteiger partial charge in [-0.05, 0) is 24.3 Å². The molecule has 5 aromatic rings. The summed E-state index contributed by atoms with van der Waals surface area (Å²) >= 11 is 3.19. The smallest absolute Gasteiger partial charge is 0.284 e. The predicted molar refractivity (Wildman–Crippen MR) is 114 cm³/mol. The van der Waals surface area contributed by atoms with E-state index >= 15 is 0 Å². The van der Waals surface area contributed by atoms with Crippen molar-refractivity contribution in [3.63, 3.8) is 0 Å². The Kier molecular flexibility index (Phi) is 4.14. The van der Waals surface area contributed by atoms with E-state index in [1.54, 1.807) is 23.1 Å². The van der Waals surface area contributed by atoms with E-state index in [1.165, 1.54) is 10.7 Å². The fourth-order valence-electron chi connectivity index (χ4n) is 3.07. The summed E-state index contributed by atoms with van der Waals surface area (Å²) in [6.07, 6.45) is 0. The lowest BCUT2D eigenvalue weighted by Crippen LogP contribution is -2.18. The minimum Gasteiger partial charge on any atom is -0.343 e. The number of aromatic amines is 2. The molecule has 5 rings (SSSR count). The summed E-state index contributed by atoms with van der Waals surface area (Å²) in [6.45, 7) is 0. The maximum Gasteiger partial charge on any atom is 0.284 e. The first-order valence-corrected chi connectivity index (χ1v) is 10.4. The molecule has 0 unspecified atom stereocenters. The van der Waals surface area contributed by atoms with Crippen LogP contribution in [-0.2, 0) is 5.75 Å². The van der Waals surface area contributed by atoms with E-state index in [4.69, 9.17) is 0 Å². The highest BCUT2D eigenvalue weighted by Gasteiger charge is 2.13. The number of nitrogens with zero attached hydrogens (tertiary/aromatic N) is 2. The van der Waals surface area contributed by atoms with Crippen molar-refractivity contribution in [2.45, 2.75) is 10.1 Å². The first-order valence-electron chi connectivity index (χ1n) is 8.60. The Morgan fingerprint density at radius 3 is 2.64 bits per heavy atom. The summed E-state index contributed by atoms with van der Waals surface area (Å²) in [5.74, 6) is 0.559. The maximum absolute atomic E-state index is 12.6. The molecule has 0 fully saturated rings. The van der Waals surface area contributed by atoms with Crippen LogP contribution in [-0.4, -0.2) is 19.7 Å². The minimum absolute atomic E-state index is 0.137. The third-order valence-electron chi connectivity index (χ3n) is 4.37. The van der Waals surface area contributed by atoms with Crippen LogP contribution in [0, 0.1) is 0 Å². The SMILES string of the molecule is O=c1cc(CSc2nc3ccccc3s2)[nH]c2[nH]n(-c3ccccc3)c(=O)c12. The van der Waals surface area contributed by atoms with Crippen molar-refractivity contribution in [3.05, 3.63) is 86.9 Å². The number of fused-ring (bicyclic) bond motifs is 2. The van der Waals surface area contributed by atoms with E-state index in [0.29, 0.717) is 17.1 Å². The zero-order valence-corrected chi connectivity index (χ0v) is 16.1. The van der Waals surface area contributed by atoms with Crippen molar-refractivity contribution in [1.29, 1.82) is 0 Å². The molecule has 6 nitrogen and oxygen atoms in total. The minimum atomic E-state index is -0.354. The number of hydrogen-bond acceptors (Lipinski definition) is 5. The van der Waals surface area contributed by atoms with Gasteiger partial charge < -0.3 is 4.98 Å². The maximum atomic E-state index is 12.6. The lowest BCUT2D eigenvalue weighted by Gasteiger charge is -2.00. The molecule has 0 saturated carbocycles. The van der Waals surface area contributed by atoms with E-state index < -0.39 is 0 Å². The van der Waals surface area contributed by atoms with Crippen molar-refractivity contribution in [3.8, 4) is 5.69 Å². The van der Waals surface area contributed by atoms with Gasteiger partial charge in [-0.3, -0.25) is 14.7 Å². The molecular weight excluding hydrogens is 392 g/mol. The van der Waals surface area contributed by atoms with E-state index in [1.807, 2.05) is 54.6 Å². The fourth-order valence-corrected chi connectivity index (χ4v) is 5.05. The number of hydrogen-bond donors (Lipinski definition) is 2. The molecule has 3 heterocycles. The largest absolute Gasteiger partial charge is 0.343 e. The second-order valence-electron chi connectivity index (χ2n) is 6.23. The van der Waals surface area contributed by atoms with Gasteiger partial charge in [-0.1, -0.05) is 42.1 Å². The molecule has 0 saturated heterocycles. The number of H-pyrrole nitrogens is 2. The molecule has 0 radical (unpaired) electrons. The Balaban J connectivity index is 1.49. The van der Waals surface area contributed by atoms with Gasteiger partial charge >= 0.3 is 0 Å². The lowest BCUT2D eigenvalue weighted by molar-refractivity contribution is 0.857. The summed E-state index contributed by atoms with van der Waals surface area (Å²) in [5.41, 5.74) is 2.19. The van der Waals surface area contributed by atoms with Gasteiger partial charge in [-0.25, -0.2) is 9.67 Å². The first-order chi connectivity index (χ1) is 13.7. The zero-order valence-electron chi connectivity index (χ0n) is 14.5. The average molecular weight is 406 g/mol. The van der Waals surface area contributed by atoms with Gasteiger partial charge in [-0.2, -0.15) is 0 Å². The molecule has 0 spiro atoms. The zero-order chi connectivity index (χ0) is 19.1. The number of pyridine rings is 1. The highest BCUT2D eigenvalue weighted by Crippen LogP contribution is 2.30. The number of aromatic nitrogens is 4. The number of thiazole rings is 1. The van der Waals surface area contributed by atoms with Gasteiger partial charge in [0.25, 0.3) is 5.56 Å². The Bertz CT molecular complexity index is 1380. The number of benzene rings is 2. The van der Waals surface area contributed by atoms with Gasteiger partial charge in [0.1, 0.15) is 11.0 Å². The predicted octanol–water partition coefficient (Wildman–Crippen LogP) is 3.91. The van der Waals surface area contributed by atoms with Crippen molar-refractivity contribution in [2.24, 2.45) is 0 Å². The molecule has 3 aromatic heterocycles. The fraction of sp³-hybridized carbons (Fsp3) is 0.0500. The molecular formula is C20H14N4O2S2. The molecule has 0 amide bonds.